The predicted octanol–water partition coefficient (Wildman–Crippen LogP) is 3.59. The maximum atomic E-state index is 12.5. The summed E-state index contributed by atoms with van der Waals surface area (Å²) in [5.41, 5.74) is 1.49. The molecule has 0 aromatic heterocycles. The van der Waals surface area contributed by atoms with Crippen LogP contribution in [0.25, 0.3) is 0 Å². The van der Waals surface area contributed by atoms with Crippen LogP contribution in [0, 0.1) is 17.0 Å². The van der Waals surface area contributed by atoms with Crippen LogP contribution in [0.1, 0.15) is 27.5 Å². The number of nitrogens with zero attached hydrogens (tertiary/aromatic N) is 2. The first-order valence-corrected chi connectivity index (χ1v) is 8.13. The molecule has 1 atom stereocenters. The van der Waals surface area contributed by atoms with E-state index in [9.17, 15) is 14.9 Å². The molecule has 1 N–H and O–H groups in total. The van der Waals surface area contributed by atoms with Gasteiger partial charge in [0.05, 0.1) is 11.0 Å². The van der Waals surface area contributed by atoms with Gasteiger partial charge in [-0.25, -0.2) is 0 Å². The van der Waals surface area contributed by atoms with E-state index in [0.717, 1.165) is 5.56 Å². The number of nitro benzene ring substituents is 1. The first-order valence-electron chi connectivity index (χ1n) is 7.76. The zero-order valence-electron chi connectivity index (χ0n) is 14.3. The molecule has 0 saturated carbocycles. The molecule has 1 amide bonds. The van der Waals surface area contributed by atoms with Crippen molar-refractivity contribution in [1.29, 1.82) is 0 Å². The molecule has 0 unspecified atom stereocenters. The van der Waals surface area contributed by atoms with Gasteiger partial charge in [-0.3, -0.25) is 14.9 Å². The molecular formula is C18H20ClN3O3. The number of carbonyl (C=O) groups excluding carboxylic acids is 1. The van der Waals surface area contributed by atoms with E-state index in [-0.39, 0.29) is 17.6 Å². The van der Waals surface area contributed by atoms with E-state index in [0.29, 0.717) is 22.7 Å². The van der Waals surface area contributed by atoms with Gasteiger partial charge in [0, 0.05) is 28.8 Å². The second-order valence-corrected chi connectivity index (χ2v) is 6.32. The van der Waals surface area contributed by atoms with E-state index < -0.39 is 4.92 Å². The smallest absolute Gasteiger partial charge is 0.273 e. The van der Waals surface area contributed by atoms with Crippen molar-refractivity contribution >= 4 is 23.2 Å². The molecule has 6 nitrogen and oxygen atoms in total. The number of likely N-dealkylation sites (N-methyl/N-ethyl adjacent to an activating group) is 1. The first kappa shape index (κ1) is 18.9. The zero-order chi connectivity index (χ0) is 18.6. The monoisotopic (exact) mass is 361 g/mol. The molecule has 0 bridgehead atoms. The van der Waals surface area contributed by atoms with Crippen molar-refractivity contribution in [2.24, 2.45) is 0 Å². The van der Waals surface area contributed by atoms with Gasteiger partial charge < -0.3 is 10.2 Å². The van der Waals surface area contributed by atoms with Crippen LogP contribution in [0.2, 0.25) is 5.02 Å². The van der Waals surface area contributed by atoms with Crippen LogP contribution in [0.3, 0.4) is 0 Å². The molecule has 0 aliphatic carbocycles. The molecule has 2 rings (SSSR count). The Hall–Kier alpha value is -2.44. The van der Waals surface area contributed by atoms with Gasteiger partial charge in [-0.1, -0.05) is 35.9 Å². The molecule has 132 valence electrons. The molecule has 25 heavy (non-hydrogen) atoms. The van der Waals surface area contributed by atoms with E-state index in [1.807, 2.05) is 37.2 Å². The summed E-state index contributed by atoms with van der Waals surface area (Å²) in [6, 6.07) is 11.8. The van der Waals surface area contributed by atoms with Crippen LogP contribution in [-0.2, 0) is 0 Å². The molecule has 0 fully saturated rings. The maximum absolute atomic E-state index is 12.5. The predicted molar refractivity (Wildman–Crippen MR) is 98.0 cm³/mol. The highest BCUT2D eigenvalue weighted by molar-refractivity contribution is 6.31. The Bertz CT molecular complexity index is 793. The van der Waals surface area contributed by atoms with Crippen LogP contribution in [-0.4, -0.2) is 36.4 Å². The average Bonchev–Trinajstić information content (AvgIpc) is 2.56. The minimum absolute atomic E-state index is 0.0667. The standard InChI is InChI=1S/C18H20ClN3O3/c1-12-13(8-6-10-16(12)22(24)25)18(23)20-11-17(21(2)3)14-7-4-5-9-15(14)19/h4-10,17H,11H2,1-3H3,(H,20,23)/t17-/m0/s1. The lowest BCUT2D eigenvalue weighted by Gasteiger charge is -2.26. The molecule has 0 saturated heterocycles. The number of amides is 1. The van der Waals surface area contributed by atoms with Crippen molar-refractivity contribution in [1.82, 2.24) is 10.2 Å². The summed E-state index contributed by atoms with van der Waals surface area (Å²) < 4.78 is 0. The number of halogens is 1. The number of hydrogen-bond donors (Lipinski definition) is 1. The third kappa shape index (κ3) is 4.35. The van der Waals surface area contributed by atoms with Gasteiger partial charge in [0.1, 0.15) is 0 Å². The number of benzene rings is 2. The van der Waals surface area contributed by atoms with E-state index >= 15 is 0 Å². The van der Waals surface area contributed by atoms with Gasteiger partial charge in [0.25, 0.3) is 11.6 Å². The normalized spacial score (nSPS) is 12.0. The van der Waals surface area contributed by atoms with Crippen LogP contribution in [0.4, 0.5) is 5.69 Å². The lowest BCUT2D eigenvalue weighted by atomic mass is 10.0. The molecule has 2 aromatic carbocycles. The number of nitrogens with one attached hydrogen (secondary N) is 1. The minimum Gasteiger partial charge on any atom is -0.350 e. The Morgan fingerprint density at radius 1 is 1.24 bits per heavy atom. The van der Waals surface area contributed by atoms with Crippen molar-refractivity contribution in [2.75, 3.05) is 20.6 Å². The van der Waals surface area contributed by atoms with Gasteiger partial charge in [-0.05, 0) is 38.7 Å². The topological polar surface area (TPSA) is 75.5 Å². The van der Waals surface area contributed by atoms with Gasteiger partial charge in [0.2, 0.25) is 0 Å². The summed E-state index contributed by atoms with van der Waals surface area (Å²) in [5, 5.41) is 14.5. The maximum Gasteiger partial charge on any atom is 0.273 e. The molecule has 2 aromatic rings. The first-order chi connectivity index (χ1) is 11.8. The second-order valence-electron chi connectivity index (χ2n) is 5.92. The summed E-state index contributed by atoms with van der Waals surface area (Å²) in [7, 11) is 3.80. The summed E-state index contributed by atoms with van der Waals surface area (Å²) >= 11 is 6.26. The lowest BCUT2D eigenvalue weighted by molar-refractivity contribution is -0.385. The fourth-order valence-corrected chi connectivity index (χ4v) is 2.93. The second kappa shape index (κ2) is 8.09. The van der Waals surface area contributed by atoms with E-state index in [2.05, 4.69) is 5.32 Å². The fourth-order valence-electron chi connectivity index (χ4n) is 2.67. The Labute approximate surface area is 151 Å². The third-order valence-electron chi connectivity index (χ3n) is 4.09. The molecular weight excluding hydrogens is 342 g/mol. The summed E-state index contributed by atoms with van der Waals surface area (Å²) in [5.74, 6) is -0.347. The van der Waals surface area contributed by atoms with Crippen LogP contribution < -0.4 is 5.32 Å². The quantitative estimate of drug-likeness (QED) is 0.630. The van der Waals surface area contributed by atoms with Crippen LogP contribution in [0.15, 0.2) is 42.5 Å². The van der Waals surface area contributed by atoms with Crippen molar-refractivity contribution in [2.45, 2.75) is 13.0 Å². The van der Waals surface area contributed by atoms with Gasteiger partial charge in [-0.15, -0.1) is 0 Å². The zero-order valence-corrected chi connectivity index (χ0v) is 15.1. The lowest BCUT2D eigenvalue weighted by Crippen LogP contribution is -2.35. The number of rotatable bonds is 6. The Kier molecular flexibility index (Phi) is 6.12. The molecule has 0 aliphatic rings. The van der Waals surface area contributed by atoms with Crippen LogP contribution >= 0.6 is 11.6 Å². The van der Waals surface area contributed by atoms with Crippen molar-refractivity contribution in [3.63, 3.8) is 0 Å². The van der Waals surface area contributed by atoms with Crippen LogP contribution in [0.5, 0.6) is 0 Å². The highest BCUT2D eigenvalue weighted by Gasteiger charge is 2.21. The average molecular weight is 362 g/mol. The van der Waals surface area contributed by atoms with Crippen molar-refractivity contribution in [3.8, 4) is 0 Å². The van der Waals surface area contributed by atoms with Crippen molar-refractivity contribution < 1.29 is 9.72 Å². The molecule has 7 heteroatoms. The van der Waals surface area contributed by atoms with Gasteiger partial charge >= 0.3 is 0 Å². The Morgan fingerprint density at radius 3 is 2.52 bits per heavy atom. The molecule has 0 spiro atoms. The SMILES string of the molecule is Cc1c(C(=O)NC[C@@H](c2ccccc2Cl)N(C)C)cccc1[N+](=O)[O-]. The summed E-state index contributed by atoms with van der Waals surface area (Å²) in [6.07, 6.45) is 0. The summed E-state index contributed by atoms with van der Waals surface area (Å²) in [4.78, 5) is 25.0. The Morgan fingerprint density at radius 2 is 1.92 bits per heavy atom. The third-order valence-corrected chi connectivity index (χ3v) is 4.43. The number of nitro groups is 1. The largest absolute Gasteiger partial charge is 0.350 e. The molecule has 0 aliphatic heterocycles. The van der Waals surface area contributed by atoms with E-state index in [1.54, 1.807) is 19.1 Å². The van der Waals surface area contributed by atoms with Gasteiger partial charge in [0.15, 0.2) is 0 Å². The highest BCUT2D eigenvalue weighted by atomic mass is 35.5. The van der Waals surface area contributed by atoms with E-state index in [4.69, 9.17) is 11.6 Å². The Balaban J connectivity index is 2.19. The molecule has 0 radical (unpaired) electrons. The fraction of sp³-hybridized carbons (Fsp3) is 0.278. The highest BCUT2D eigenvalue weighted by Crippen LogP contribution is 2.26. The number of hydrogen-bond acceptors (Lipinski definition) is 4. The van der Waals surface area contributed by atoms with E-state index in [1.165, 1.54) is 12.1 Å². The molecule has 0 heterocycles. The number of carbonyl (C=O) groups is 1. The minimum atomic E-state index is -0.488. The van der Waals surface area contributed by atoms with Gasteiger partial charge in [-0.2, -0.15) is 0 Å². The summed E-state index contributed by atoms with van der Waals surface area (Å²) in [6.45, 7) is 1.90. The van der Waals surface area contributed by atoms with Crippen molar-refractivity contribution in [3.05, 3.63) is 74.3 Å².